The van der Waals surface area contributed by atoms with Gasteiger partial charge in [-0.3, -0.25) is 0 Å². The van der Waals surface area contributed by atoms with Crippen LogP contribution in [0.4, 0.5) is 0 Å². The van der Waals surface area contributed by atoms with E-state index in [1.165, 1.54) is 0 Å². The molecule has 0 atom stereocenters. The molecular weight excluding hydrogens is 150 g/mol. The summed E-state index contributed by atoms with van der Waals surface area (Å²) in [6, 6.07) is 5.42. The lowest BCUT2D eigenvalue weighted by atomic mass is 10.3. The fourth-order valence-electron chi connectivity index (χ4n) is 0.782. The maximum atomic E-state index is 5.29. The number of hydrogen-bond donors (Lipinski definition) is 0. The Labute approximate surface area is 72.6 Å². The van der Waals surface area contributed by atoms with E-state index >= 15 is 0 Å². The largest absolute Gasteiger partial charge is 0.478 e. The molecule has 0 saturated carbocycles. The minimum absolute atomic E-state index is 0.604. The van der Waals surface area contributed by atoms with Crippen LogP contribution in [0.15, 0.2) is 18.2 Å². The topological polar surface area (TPSA) is 22.1 Å². The molecule has 0 radical (unpaired) electrons. The Kier molecular flexibility index (Phi) is 3.16. The second-order valence-corrected chi connectivity index (χ2v) is 2.35. The highest BCUT2D eigenvalue weighted by Gasteiger charge is 1.94. The lowest BCUT2D eigenvalue weighted by Gasteiger charge is -2.02. The third-order valence-electron chi connectivity index (χ3n) is 1.33. The molecule has 1 rings (SSSR count). The van der Waals surface area contributed by atoms with Crippen molar-refractivity contribution >= 4 is 0 Å². The summed E-state index contributed by atoms with van der Waals surface area (Å²) in [6.07, 6.45) is 6.15. The highest BCUT2D eigenvalue weighted by Crippen LogP contribution is 2.06. The zero-order valence-electron chi connectivity index (χ0n) is 7.08. The molecule has 0 amide bonds. The molecule has 0 aliphatic rings. The summed E-state index contributed by atoms with van der Waals surface area (Å²) in [5, 5.41) is 0. The molecule has 0 aromatic carbocycles. The van der Waals surface area contributed by atoms with Gasteiger partial charge in [0.25, 0.3) is 0 Å². The molecule has 62 valence electrons. The molecule has 0 bridgehead atoms. The van der Waals surface area contributed by atoms with Gasteiger partial charge in [0, 0.05) is 6.07 Å². The number of pyridine rings is 1. The smallest absolute Gasteiger partial charge is 0.214 e. The molecular formula is C10H11NO. The van der Waals surface area contributed by atoms with Gasteiger partial charge in [-0.2, -0.15) is 0 Å². The van der Waals surface area contributed by atoms with Gasteiger partial charge in [-0.15, -0.1) is 6.42 Å². The van der Waals surface area contributed by atoms with Gasteiger partial charge < -0.3 is 4.74 Å². The van der Waals surface area contributed by atoms with Gasteiger partial charge in [0.15, 0.2) is 0 Å². The number of aromatic nitrogens is 1. The third kappa shape index (κ3) is 2.28. The van der Waals surface area contributed by atoms with E-state index in [-0.39, 0.29) is 0 Å². The Morgan fingerprint density at radius 2 is 2.42 bits per heavy atom. The van der Waals surface area contributed by atoms with Crippen molar-refractivity contribution in [1.29, 1.82) is 0 Å². The molecule has 0 N–H and O–H groups in total. The van der Waals surface area contributed by atoms with Crippen molar-refractivity contribution in [2.45, 2.75) is 13.3 Å². The zero-order chi connectivity index (χ0) is 8.81. The van der Waals surface area contributed by atoms with Crippen LogP contribution in [-0.2, 0) is 0 Å². The van der Waals surface area contributed by atoms with Crippen molar-refractivity contribution < 1.29 is 4.74 Å². The van der Waals surface area contributed by atoms with E-state index in [9.17, 15) is 0 Å². The lowest BCUT2D eigenvalue weighted by Crippen LogP contribution is -1.97. The van der Waals surface area contributed by atoms with Crippen LogP contribution in [0, 0.1) is 12.3 Å². The first-order chi connectivity index (χ1) is 5.86. The quantitative estimate of drug-likeness (QED) is 0.631. The van der Waals surface area contributed by atoms with Gasteiger partial charge in [0.1, 0.15) is 5.69 Å². The number of nitrogens with zero attached hydrogens (tertiary/aromatic N) is 1. The minimum Gasteiger partial charge on any atom is -0.478 e. The van der Waals surface area contributed by atoms with Crippen molar-refractivity contribution in [3.63, 3.8) is 0 Å². The zero-order valence-corrected chi connectivity index (χ0v) is 7.08. The Morgan fingerprint density at radius 1 is 1.58 bits per heavy atom. The van der Waals surface area contributed by atoms with E-state index < -0.39 is 0 Å². The van der Waals surface area contributed by atoms with Crippen LogP contribution in [0.3, 0.4) is 0 Å². The van der Waals surface area contributed by atoms with E-state index in [0.29, 0.717) is 18.2 Å². The molecule has 12 heavy (non-hydrogen) atoms. The molecule has 0 saturated heterocycles. The molecule has 0 aliphatic heterocycles. The molecule has 2 heteroatoms. The van der Waals surface area contributed by atoms with Crippen LogP contribution in [0.5, 0.6) is 5.88 Å². The fraction of sp³-hybridized carbons (Fsp3) is 0.300. The van der Waals surface area contributed by atoms with Crippen molar-refractivity contribution in [1.82, 2.24) is 4.98 Å². The summed E-state index contributed by atoms with van der Waals surface area (Å²) in [4.78, 5) is 4.07. The first-order valence-electron chi connectivity index (χ1n) is 3.93. The van der Waals surface area contributed by atoms with E-state index in [4.69, 9.17) is 11.2 Å². The van der Waals surface area contributed by atoms with Crippen LogP contribution in [0.25, 0.3) is 0 Å². The SMILES string of the molecule is C#Cc1cccc(OCCC)n1. The van der Waals surface area contributed by atoms with E-state index in [0.717, 1.165) is 6.42 Å². The summed E-state index contributed by atoms with van der Waals surface area (Å²) >= 11 is 0. The van der Waals surface area contributed by atoms with Crippen LogP contribution < -0.4 is 4.74 Å². The van der Waals surface area contributed by atoms with Gasteiger partial charge in [0.2, 0.25) is 5.88 Å². The average molecular weight is 161 g/mol. The molecule has 0 aliphatic carbocycles. The summed E-state index contributed by atoms with van der Waals surface area (Å²) in [7, 11) is 0. The Hall–Kier alpha value is -1.49. The van der Waals surface area contributed by atoms with Crippen molar-refractivity contribution in [2.24, 2.45) is 0 Å². The molecule has 0 unspecified atom stereocenters. The predicted molar refractivity (Wildman–Crippen MR) is 48.0 cm³/mol. The van der Waals surface area contributed by atoms with Crippen LogP contribution in [0.1, 0.15) is 19.0 Å². The summed E-state index contributed by atoms with van der Waals surface area (Å²) in [5.74, 6) is 3.06. The molecule has 0 fully saturated rings. The molecule has 1 heterocycles. The van der Waals surface area contributed by atoms with E-state index in [1.807, 2.05) is 13.0 Å². The standard InChI is InChI=1S/C10H11NO/c1-3-8-12-10-7-5-6-9(4-2)11-10/h2,5-7H,3,8H2,1H3. The monoisotopic (exact) mass is 161 g/mol. The summed E-state index contributed by atoms with van der Waals surface area (Å²) < 4.78 is 5.29. The van der Waals surface area contributed by atoms with E-state index in [2.05, 4.69) is 10.9 Å². The molecule has 1 aromatic rings. The second kappa shape index (κ2) is 4.40. The normalized spacial score (nSPS) is 9.00. The van der Waals surface area contributed by atoms with Crippen LogP contribution in [0.2, 0.25) is 0 Å². The van der Waals surface area contributed by atoms with Gasteiger partial charge >= 0.3 is 0 Å². The lowest BCUT2D eigenvalue weighted by molar-refractivity contribution is 0.305. The Morgan fingerprint density at radius 3 is 3.08 bits per heavy atom. The first kappa shape index (κ1) is 8.61. The van der Waals surface area contributed by atoms with Gasteiger partial charge in [-0.1, -0.05) is 18.9 Å². The van der Waals surface area contributed by atoms with Gasteiger partial charge in [0.05, 0.1) is 6.61 Å². The summed E-state index contributed by atoms with van der Waals surface area (Å²) in [5.41, 5.74) is 0.614. The molecule has 1 aromatic heterocycles. The maximum Gasteiger partial charge on any atom is 0.214 e. The van der Waals surface area contributed by atoms with Crippen molar-refractivity contribution in [3.8, 4) is 18.2 Å². The van der Waals surface area contributed by atoms with E-state index in [1.54, 1.807) is 12.1 Å². The van der Waals surface area contributed by atoms with Crippen molar-refractivity contribution in [3.05, 3.63) is 23.9 Å². The van der Waals surface area contributed by atoms with Gasteiger partial charge in [-0.05, 0) is 12.5 Å². The number of ether oxygens (including phenoxy) is 1. The first-order valence-corrected chi connectivity index (χ1v) is 3.93. The van der Waals surface area contributed by atoms with Crippen LogP contribution in [-0.4, -0.2) is 11.6 Å². The van der Waals surface area contributed by atoms with Crippen molar-refractivity contribution in [2.75, 3.05) is 6.61 Å². The highest BCUT2D eigenvalue weighted by molar-refractivity contribution is 5.27. The van der Waals surface area contributed by atoms with Crippen LogP contribution >= 0.6 is 0 Å². The number of rotatable bonds is 3. The number of hydrogen-bond acceptors (Lipinski definition) is 2. The van der Waals surface area contributed by atoms with Gasteiger partial charge in [-0.25, -0.2) is 4.98 Å². The Balaban J connectivity index is 2.68. The predicted octanol–water partition coefficient (Wildman–Crippen LogP) is 1.85. The minimum atomic E-state index is 0.604. The molecule has 2 nitrogen and oxygen atoms in total. The summed E-state index contributed by atoms with van der Waals surface area (Å²) in [6.45, 7) is 2.73. The maximum absolute atomic E-state index is 5.29. The fourth-order valence-corrected chi connectivity index (χ4v) is 0.782. The molecule has 0 spiro atoms. The highest BCUT2D eigenvalue weighted by atomic mass is 16.5. The average Bonchev–Trinajstić information content (AvgIpc) is 2.15. The number of terminal acetylenes is 1. The Bertz CT molecular complexity index is 288. The third-order valence-corrected chi connectivity index (χ3v) is 1.33. The second-order valence-electron chi connectivity index (χ2n) is 2.35.